The molecule has 1 saturated heterocycles. The molecule has 0 saturated carbocycles. The first-order valence-electron chi connectivity index (χ1n) is 9.94. The molecule has 8 nitrogen and oxygen atoms in total. The van der Waals surface area contributed by atoms with Crippen LogP contribution in [0.3, 0.4) is 0 Å². The van der Waals surface area contributed by atoms with Crippen molar-refractivity contribution in [1.82, 2.24) is 9.88 Å². The van der Waals surface area contributed by atoms with Crippen LogP contribution < -0.4 is 9.64 Å². The number of halogens is 3. The van der Waals surface area contributed by atoms with E-state index < -0.39 is 41.7 Å². The fourth-order valence-electron chi connectivity index (χ4n) is 3.16. The largest absolute Gasteiger partial charge is 0.573 e. The van der Waals surface area contributed by atoms with Gasteiger partial charge in [-0.25, -0.2) is 19.5 Å². The molecule has 11 heteroatoms. The highest BCUT2D eigenvalue weighted by atomic mass is 19.4. The van der Waals surface area contributed by atoms with Crippen LogP contribution in [0.2, 0.25) is 0 Å². The lowest BCUT2D eigenvalue weighted by molar-refractivity contribution is -0.274. The van der Waals surface area contributed by atoms with E-state index in [0.29, 0.717) is 5.56 Å². The number of ether oxygens (including phenoxy) is 2. The first-order valence-corrected chi connectivity index (χ1v) is 9.94. The van der Waals surface area contributed by atoms with Gasteiger partial charge in [-0.05, 0) is 69.7 Å². The fourth-order valence-corrected chi connectivity index (χ4v) is 3.16. The zero-order chi connectivity index (χ0) is 24.6. The molecule has 1 atom stereocenters. The standard InChI is InChI=1S/C22H22F3N3O5/c1-13-18(29)28(15-5-7-16(8-6-15)32-22(23,24)25)20(31)27(13)12-14-9-10-26-17(11-14)19(30)33-21(2,3)4/h5-11,13H,12H2,1-4H3. The summed E-state index contributed by atoms with van der Waals surface area (Å²) < 4.78 is 46.2. The summed E-state index contributed by atoms with van der Waals surface area (Å²) >= 11 is 0. The molecule has 1 aliphatic rings. The molecule has 1 aromatic carbocycles. The van der Waals surface area contributed by atoms with Crippen molar-refractivity contribution in [2.75, 3.05) is 4.90 Å². The monoisotopic (exact) mass is 465 g/mol. The highest BCUT2D eigenvalue weighted by molar-refractivity contribution is 6.21. The zero-order valence-corrected chi connectivity index (χ0v) is 18.3. The lowest BCUT2D eigenvalue weighted by Gasteiger charge is -2.21. The quantitative estimate of drug-likeness (QED) is 0.484. The van der Waals surface area contributed by atoms with E-state index in [-0.39, 0.29) is 17.9 Å². The maximum Gasteiger partial charge on any atom is 0.573 e. The molecule has 176 valence electrons. The molecule has 0 spiro atoms. The van der Waals surface area contributed by atoms with Gasteiger partial charge in [-0.3, -0.25) is 4.79 Å². The van der Waals surface area contributed by atoms with Crippen LogP contribution in [-0.4, -0.2) is 45.8 Å². The zero-order valence-electron chi connectivity index (χ0n) is 18.3. The van der Waals surface area contributed by atoms with Gasteiger partial charge >= 0.3 is 18.4 Å². The number of carbonyl (C=O) groups is 3. The van der Waals surface area contributed by atoms with Crippen molar-refractivity contribution in [2.45, 2.75) is 52.2 Å². The molecule has 0 aliphatic carbocycles. The molecular weight excluding hydrogens is 443 g/mol. The van der Waals surface area contributed by atoms with Crippen LogP contribution >= 0.6 is 0 Å². The van der Waals surface area contributed by atoms with E-state index in [0.717, 1.165) is 17.0 Å². The average molecular weight is 465 g/mol. The summed E-state index contributed by atoms with van der Waals surface area (Å²) in [6.45, 7) is 6.72. The van der Waals surface area contributed by atoms with Crippen LogP contribution in [0.15, 0.2) is 42.6 Å². The number of imide groups is 1. The molecule has 0 N–H and O–H groups in total. The van der Waals surface area contributed by atoms with Gasteiger partial charge in [0.2, 0.25) is 0 Å². The van der Waals surface area contributed by atoms with Crippen molar-refractivity contribution in [3.05, 3.63) is 53.9 Å². The normalized spacial score (nSPS) is 16.9. The van der Waals surface area contributed by atoms with E-state index in [1.807, 2.05) is 0 Å². The summed E-state index contributed by atoms with van der Waals surface area (Å²) in [6, 6.07) is 6.03. The summed E-state index contributed by atoms with van der Waals surface area (Å²) in [5, 5.41) is 0. The first kappa shape index (κ1) is 24.0. The predicted molar refractivity (Wildman–Crippen MR) is 110 cm³/mol. The minimum atomic E-state index is -4.85. The van der Waals surface area contributed by atoms with Crippen molar-refractivity contribution in [3.63, 3.8) is 0 Å². The third kappa shape index (κ3) is 5.79. The maximum absolute atomic E-state index is 13.0. The van der Waals surface area contributed by atoms with E-state index in [9.17, 15) is 27.6 Å². The smallest absolute Gasteiger partial charge is 0.455 e. The Balaban J connectivity index is 1.77. The topological polar surface area (TPSA) is 89.0 Å². The van der Waals surface area contributed by atoms with Crippen molar-refractivity contribution in [2.24, 2.45) is 0 Å². The molecule has 1 fully saturated rings. The van der Waals surface area contributed by atoms with Gasteiger partial charge in [-0.1, -0.05) is 0 Å². The third-order valence-corrected chi connectivity index (χ3v) is 4.60. The van der Waals surface area contributed by atoms with Gasteiger partial charge in [0.15, 0.2) is 0 Å². The second kappa shape index (κ2) is 8.72. The number of aromatic nitrogens is 1. The Bertz CT molecular complexity index is 1060. The number of pyridine rings is 1. The Morgan fingerprint density at radius 3 is 2.30 bits per heavy atom. The number of hydrogen-bond acceptors (Lipinski definition) is 6. The number of carbonyl (C=O) groups excluding carboxylic acids is 3. The molecular formula is C22H22F3N3O5. The molecule has 1 unspecified atom stereocenters. The van der Waals surface area contributed by atoms with Crippen molar-refractivity contribution < 1.29 is 37.0 Å². The molecule has 0 bridgehead atoms. The number of nitrogens with zero attached hydrogens (tertiary/aromatic N) is 3. The predicted octanol–water partition coefficient (Wildman–Crippen LogP) is 4.29. The Labute approximate surface area is 187 Å². The summed E-state index contributed by atoms with van der Waals surface area (Å²) in [5.74, 6) is -1.63. The minimum Gasteiger partial charge on any atom is -0.455 e. The molecule has 3 amide bonds. The molecule has 0 radical (unpaired) electrons. The van der Waals surface area contributed by atoms with Gasteiger partial charge in [-0.15, -0.1) is 13.2 Å². The number of hydrogen-bond donors (Lipinski definition) is 0. The van der Waals surface area contributed by atoms with Crippen LogP contribution in [0.25, 0.3) is 0 Å². The summed E-state index contributed by atoms with van der Waals surface area (Å²) in [5.41, 5.74) is 0.0137. The van der Waals surface area contributed by atoms with Gasteiger partial charge in [0.25, 0.3) is 5.91 Å². The number of alkyl halides is 3. The third-order valence-electron chi connectivity index (χ3n) is 4.60. The van der Waals surface area contributed by atoms with Gasteiger partial charge in [0.1, 0.15) is 23.1 Å². The van der Waals surface area contributed by atoms with Crippen molar-refractivity contribution >= 4 is 23.6 Å². The number of esters is 1. The van der Waals surface area contributed by atoms with Gasteiger partial charge < -0.3 is 14.4 Å². The summed E-state index contributed by atoms with van der Waals surface area (Å²) in [6.07, 6.45) is -3.45. The maximum atomic E-state index is 13.0. The van der Waals surface area contributed by atoms with E-state index in [2.05, 4.69) is 9.72 Å². The molecule has 1 aromatic heterocycles. The van der Waals surface area contributed by atoms with Crippen LogP contribution in [0.5, 0.6) is 5.75 Å². The van der Waals surface area contributed by atoms with Crippen molar-refractivity contribution in [1.29, 1.82) is 0 Å². The van der Waals surface area contributed by atoms with Crippen molar-refractivity contribution in [3.8, 4) is 5.75 Å². The molecule has 3 rings (SSSR count). The lowest BCUT2D eigenvalue weighted by Crippen LogP contribution is -2.33. The Kier molecular flexibility index (Phi) is 6.35. The molecule has 1 aliphatic heterocycles. The molecule has 2 aromatic rings. The average Bonchev–Trinajstić information content (AvgIpc) is 2.90. The number of benzene rings is 1. The number of anilines is 1. The Morgan fingerprint density at radius 1 is 1.09 bits per heavy atom. The van der Waals surface area contributed by atoms with Crippen LogP contribution in [0, 0.1) is 0 Å². The second-order valence-electron chi connectivity index (χ2n) is 8.35. The molecule has 33 heavy (non-hydrogen) atoms. The van der Waals surface area contributed by atoms with E-state index in [1.165, 1.54) is 36.2 Å². The summed E-state index contributed by atoms with van der Waals surface area (Å²) in [7, 11) is 0. The lowest BCUT2D eigenvalue weighted by atomic mass is 10.1. The second-order valence-corrected chi connectivity index (χ2v) is 8.35. The Morgan fingerprint density at radius 2 is 1.73 bits per heavy atom. The number of amides is 3. The fraction of sp³-hybridized carbons (Fsp3) is 0.364. The van der Waals surface area contributed by atoms with E-state index >= 15 is 0 Å². The van der Waals surface area contributed by atoms with Gasteiger partial charge in [-0.2, -0.15) is 0 Å². The van der Waals surface area contributed by atoms with Crippen LogP contribution in [0.1, 0.15) is 43.7 Å². The van der Waals surface area contributed by atoms with E-state index in [1.54, 1.807) is 26.8 Å². The molecule has 2 heterocycles. The van der Waals surface area contributed by atoms with Gasteiger partial charge in [0.05, 0.1) is 5.69 Å². The number of urea groups is 1. The number of rotatable bonds is 5. The Hall–Kier alpha value is -3.63. The SMILES string of the molecule is CC1C(=O)N(c2ccc(OC(F)(F)F)cc2)C(=O)N1Cc1ccnc(C(=O)OC(C)(C)C)c1. The van der Waals surface area contributed by atoms with E-state index in [4.69, 9.17) is 4.74 Å². The van der Waals surface area contributed by atoms with Crippen LogP contribution in [0.4, 0.5) is 23.7 Å². The first-order chi connectivity index (χ1) is 15.2. The minimum absolute atomic E-state index is 0.00975. The highest BCUT2D eigenvalue weighted by Crippen LogP contribution is 2.30. The summed E-state index contributed by atoms with van der Waals surface area (Å²) in [4.78, 5) is 44.1. The van der Waals surface area contributed by atoms with Gasteiger partial charge in [0, 0.05) is 12.7 Å². The van der Waals surface area contributed by atoms with Crippen LogP contribution in [-0.2, 0) is 16.1 Å². The highest BCUT2D eigenvalue weighted by Gasteiger charge is 2.43.